The molecule has 0 saturated heterocycles. The Bertz CT molecular complexity index is 1860. The third-order valence-corrected chi connectivity index (χ3v) is 8.36. The van der Waals surface area contributed by atoms with Crippen LogP contribution >= 0.6 is 0 Å². The fourth-order valence-electron chi connectivity index (χ4n) is 6.65. The van der Waals surface area contributed by atoms with E-state index >= 15 is 0 Å². The molecule has 0 amide bonds. The summed E-state index contributed by atoms with van der Waals surface area (Å²) in [4.78, 5) is 0. The summed E-state index contributed by atoms with van der Waals surface area (Å²) in [5.41, 5.74) is 11.1. The Labute approximate surface area is 216 Å². The zero-order valence-electron chi connectivity index (χ0n) is 20.5. The third kappa shape index (κ3) is 2.69. The predicted octanol–water partition coefficient (Wildman–Crippen LogP) is 9.61. The molecule has 1 aliphatic heterocycles. The van der Waals surface area contributed by atoms with Crippen LogP contribution in [0.3, 0.4) is 0 Å². The molecule has 0 fully saturated rings. The summed E-state index contributed by atoms with van der Waals surface area (Å²) in [6.07, 6.45) is 0. The van der Waals surface area contributed by atoms with Crippen LogP contribution in [0.5, 0.6) is 11.5 Å². The van der Waals surface area contributed by atoms with Crippen molar-refractivity contribution in [3.63, 3.8) is 0 Å². The number of benzene rings is 6. The van der Waals surface area contributed by atoms with E-state index < -0.39 is 0 Å². The van der Waals surface area contributed by atoms with Gasteiger partial charge in [0.1, 0.15) is 11.5 Å². The Balaban J connectivity index is 1.42. The molecule has 174 valence electrons. The summed E-state index contributed by atoms with van der Waals surface area (Å²) < 4.78 is 6.72. The first-order valence-corrected chi connectivity index (χ1v) is 12.9. The lowest BCUT2D eigenvalue weighted by Crippen LogP contribution is -2.22. The SMILES string of the molecule is CC1(c2ccccc2)c2ccccc2-c2c(-c3cccc4c3Oc3cccc5cccc-4c35)cccc21. The zero-order valence-corrected chi connectivity index (χ0v) is 20.5. The Kier molecular flexibility index (Phi) is 4.14. The van der Waals surface area contributed by atoms with Crippen LogP contribution in [0.2, 0.25) is 0 Å². The Hall–Kier alpha value is -4.62. The van der Waals surface area contributed by atoms with Crippen LogP contribution in [0.4, 0.5) is 0 Å². The van der Waals surface area contributed by atoms with Crippen molar-refractivity contribution in [3.05, 3.63) is 144 Å². The van der Waals surface area contributed by atoms with Gasteiger partial charge in [-0.2, -0.15) is 0 Å². The van der Waals surface area contributed by atoms with E-state index in [0.29, 0.717) is 0 Å². The highest BCUT2D eigenvalue weighted by Gasteiger charge is 2.42. The maximum Gasteiger partial charge on any atom is 0.143 e. The fourth-order valence-corrected chi connectivity index (χ4v) is 6.65. The molecular formula is C36H24O. The molecule has 2 aliphatic rings. The highest BCUT2D eigenvalue weighted by atomic mass is 16.5. The zero-order chi connectivity index (χ0) is 24.6. The molecular weight excluding hydrogens is 448 g/mol. The minimum Gasteiger partial charge on any atom is -0.455 e. The second-order valence-corrected chi connectivity index (χ2v) is 10.2. The molecule has 0 aromatic heterocycles. The number of hydrogen-bond acceptors (Lipinski definition) is 1. The van der Waals surface area contributed by atoms with Crippen LogP contribution in [0.1, 0.15) is 23.6 Å². The van der Waals surface area contributed by atoms with E-state index in [4.69, 9.17) is 4.74 Å². The van der Waals surface area contributed by atoms with E-state index in [1.807, 2.05) is 0 Å². The minimum absolute atomic E-state index is 0.225. The largest absolute Gasteiger partial charge is 0.455 e. The lowest BCUT2D eigenvalue weighted by molar-refractivity contribution is 0.489. The summed E-state index contributed by atoms with van der Waals surface area (Å²) in [5, 5.41) is 2.40. The normalized spacial score (nSPS) is 16.6. The Morgan fingerprint density at radius 1 is 0.486 bits per heavy atom. The lowest BCUT2D eigenvalue weighted by atomic mass is 9.74. The Morgan fingerprint density at radius 2 is 1.08 bits per heavy atom. The molecule has 1 atom stereocenters. The van der Waals surface area contributed by atoms with Crippen LogP contribution in [0.15, 0.2) is 127 Å². The summed E-state index contributed by atoms with van der Waals surface area (Å²) >= 11 is 0. The molecule has 0 saturated carbocycles. The molecule has 0 bridgehead atoms. The Morgan fingerprint density at radius 3 is 1.95 bits per heavy atom. The van der Waals surface area contributed by atoms with Crippen LogP contribution in [-0.2, 0) is 5.41 Å². The van der Waals surface area contributed by atoms with Crippen molar-refractivity contribution in [1.82, 2.24) is 0 Å². The minimum atomic E-state index is -0.225. The fraction of sp³-hybridized carbons (Fsp3) is 0.0556. The van der Waals surface area contributed by atoms with Crippen LogP contribution < -0.4 is 4.74 Å². The van der Waals surface area contributed by atoms with Crippen molar-refractivity contribution >= 4 is 10.8 Å². The maximum atomic E-state index is 6.72. The van der Waals surface area contributed by atoms with E-state index in [-0.39, 0.29) is 5.41 Å². The second kappa shape index (κ2) is 7.44. The lowest BCUT2D eigenvalue weighted by Gasteiger charge is -2.28. The molecule has 0 N–H and O–H groups in total. The molecule has 1 heterocycles. The van der Waals surface area contributed by atoms with Gasteiger partial charge in [-0.15, -0.1) is 0 Å². The van der Waals surface area contributed by atoms with Gasteiger partial charge in [0.2, 0.25) is 0 Å². The van der Waals surface area contributed by atoms with Gasteiger partial charge < -0.3 is 4.74 Å². The van der Waals surface area contributed by atoms with Gasteiger partial charge in [0.15, 0.2) is 0 Å². The first kappa shape index (κ1) is 20.6. The second-order valence-electron chi connectivity index (χ2n) is 10.2. The van der Waals surface area contributed by atoms with Gasteiger partial charge in [-0.25, -0.2) is 0 Å². The third-order valence-electron chi connectivity index (χ3n) is 8.36. The van der Waals surface area contributed by atoms with Gasteiger partial charge in [-0.05, 0) is 57.3 Å². The maximum absolute atomic E-state index is 6.72. The van der Waals surface area contributed by atoms with Gasteiger partial charge in [0.25, 0.3) is 0 Å². The van der Waals surface area contributed by atoms with Crippen molar-refractivity contribution in [2.45, 2.75) is 12.3 Å². The van der Waals surface area contributed by atoms with Crippen molar-refractivity contribution < 1.29 is 4.74 Å². The summed E-state index contributed by atoms with van der Waals surface area (Å²) in [5.74, 6) is 1.86. The number of rotatable bonds is 2. The first-order chi connectivity index (χ1) is 18.2. The van der Waals surface area contributed by atoms with Crippen LogP contribution in [0.25, 0.3) is 44.2 Å². The standard InChI is InChI=1S/C36H24O/c1-36(24-13-3-2-4-14-24)30-20-6-5-15-29(30)34-26(17-10-21-31(34)36)28-19-9-18-27-25-16-7-11-23-12-8-22-32(33(23)25)37-35(27)28/h2-22H,1H3. The quantitative estimate of drug-likeness (QED) is 0.243. The van der Waals surface area contributed by atoms with Gasteiger partial charge in [-0.3, -0.25) is 0 Å². The summed E-state index contributed by atoms with van der Waals surface area (Å²) in [7, 11) is 0. The van der Waals surface area contributed by atoms with E-state index in [1.54, 1.807) is 0 Å². The van der Waals surface area contributed by atoms with Crippen molar-refractivity contribution in [1.29, 1.82) is 0 Å². The summed E-state index contributed by atoms with van der Waals surface area (Å²) in [6.45, 7) is 2.37. The molecule has 0 radical (unpaired) electrons. The number of hydrogen-bond donors (Lipinski definition) is 0. The highest BCUT2D eigenvalue weighted by Crippen LogP contribution is 2.57. The number of para-hydroxylation sites is 1. The van der Waals surface area contributed by atoms with Gasteiger partial charge >= 0.3 is 0 Å². The number of fused-ring (bicyclic) bond motifs is 5. The molecule has 1 unspecified atom stereocenters. The molecule has 6 aromatic rings. The summed E-state index contributed by atoms with van der Waals surface area (Å²) in [6, 6.07) is 46.0. The smallest absolute Gasteiger partial charge is 0.143 e. The van der Waals surface area contributed by atoms with Gasteiger partial charge in [-0.1, -0.05) is 121 Å². The van der Waals surface area contributed by atoms with Crippen molar-refractivity contribution in [2.24, 2.45) is 0 Å². The van der Waals surface area contributed by atoms with E-state index in [2.05, 4.69) is 134 Å². The average molecular weight is 473 g/mol. The molecule has 37 heavy (non-hydrogen) atoms. The average Bonchev–Trinajstić information content (AvgIpc) is 3.23. The molecule has 6 aromatic carbocycles. The van der Waals surface area contributed by atoms with E-state index in [0.717, 1.165) is 22.6 Å². The van der Waals surface area contributed by atoms with Gasteiger partial charge in [0, 0.05) is 21.9 Å². The predicted molar refractivity (Wildman–Crippen MR) is 152 cm³/mol. The molecule has 0 spiro atoms. The molecule has 1 heteroatoms. The van der Waals surface area contributed by atoms with Crippen molar-refractivity contribution in [3.8, 4) is 44.9 Å². The van der Waals surface area contributed by atoms with Gasteiger partial charge in [0.05, 0.1) is 0 Å². The first-order valence-electron chi connectivity index (χ1n) is 12.9. The monoisotopic (exact) mass is 472 g/mol. The van der Waals surface area contributed by atoms with E-state index in [9.17, 15) is 0 Å². The number of ether oxygens (including phenoxy) is 1. The molecule has 1 aliphatic carbocycles. The van der Waals surface area contributed by atoms with Crippen LogP contribution in [0, 0.1) is 0 Å². The topological polar surface area (TPSA) is 9.23 Å². The van der Waals surface area contributed by atoms with E-state index in [1.165, 1.54) is 49.7 Å². The van der Waals surface area contributed by atoms with Crippen molar-refractivity contribution in [2.75, 3.05) is 0 Å². The highest BCUT2D eigenvalue weighted by molar-refractivity contribution is 6.06. The molecule has 1 nitrogen and oxygen atoms in total. The van der Waals surface area contributed by atoms with Crippen LogP contribution in [-0.4, -0.2) is 0 Å². The molecule has 8 rings (SSSR count).